The third kappa shape index (κ3) is 2.36. The van der Waals surface area contributed by atoms with Gasteiger partial charge in [-0.2, -0.15) is 0 Å². The van der Waals surface area contributed by atoms with Crippen molar-refractivity contribution in [3.63, 3.8) is 0 Å². The SMILES string of the molecule is CC(=O)C(C(C)=O)(C(C)=O)C(=O)C(C(C)=O)(C(C)=O)C(C)=O. The fourth-order valence-electron chi connectivity index (χ4n) is 2.73. The van der Waals surface area contributed by atoms with Gasteiger partial charge in [-0.05, 0) is 41.5 Å². The van der Waals surface area contributed by atoms with Gasteiger partial charge in [0.1, 0.15) is 0 Å². The van der Waals surface area contributed by atoms with Gasteiger partial charge in [-0.1, -0.05) is 0 Å². The van der Waals surface area contributed by atoms with E-state index in [0.29, 0.717) is 0 Å². The highest BCUT2D eigenvalue weighted by atomic mass is 16.2. The first-order chi connectivity index (χ1) is 9.81. The highest BCUT2D eigenvalue weighted by Gasteiger charge is 2.65. The van der Waals surface area contributed by atoms with Crippen molar-refractivity contribution >= 4 is 40.5 Å². The van der Waals surface area contributed by atoms with Crippen LogP contribution in [-0.4, -0.2) is 40.5 Å². The van der Waals surface area contributed by atoms with E-state index in [-0.39, 0.29) is 0 Å². The maximum Gasteiger partial charge on any atom is 0.204 e. The Morgan fingerprint density at radius 1 is 0.409 bits per heavy atom. The highest BCUT2D eigenvalue weighted by Crippen LogP contribution is 2.36. The zero-order valence-electron chi connectivity index (χ0n) is 13.4. The summed E-state index contributed by atoms with van der Waals surface area (Å²) in [5.41, 5.74) is -5.66. The Balaban J connectivity index is 6.96. The van der Waals surface area contributed by atoms with Gasteiger partial charge in [0.2, 0.25) is 10.8 Å². The molecule has 0 bridgehead atoms. The molecule has 0 aromatic heterocycles. The number of hydrogen-bond acceptors (Lipinski definition) is 7. The van der Waals surface area contributed by atoms with Gasteiger partial charge in [0.25, 0.3) is 0 Å². The lowest BCUT2D eigenvalue weighted by Gasteiger charge is -2.33. The lowest BCUT2D eigenvalue weighted by molar-refractivity contribution is -0.161. The maximum absolute atomic E-state index is 12.8. The number of rotatable bonds is 8. The third-order valence-corrected chi connectivity index (χ3v) is 3.85. The molecule has 0 radical (unpaired) electrons. The molecule has 0 aliphatic rings. The van der Waals surface area contributed by atoms with Crippen molar-refractivity contribution in [2.45, 2.75) is 41.5 Å². The summed E-state index contributed by atoms with van der Waals surface area (Å²) in [6.45, 7) is 4.95. The zero-order valence-corrected chi connectivity index (χ0v) is 13.4. The first-order valence-electron chi connectivity index (χ1n) is 6.43. The molecule has 0 atom stereocenters. The summed E-state index contributed by atoms with van der Waals surface area (Å²) in [6, 6.07) is 0. The molecule has 0 heterocycles. The van der Waals surface area contributed by atoms with Gasteiger partial charge in [0.05, 0.1) is 0 Å². The second-order valence-corrected chi connectivity index (χ2v) is 5.17. The molecule has 0 fully saturated rings. The van der Waals surface area contributed by atoms with Gasteiger partial charge < -0.3 is 0 Å². The molecule has 0 saturated carbocycles. The predicted molar refractivity (Wildman–Crippen MR) is 74.0 cm³/mol. The summed E-state index contributed by atoms with van der Waals surface area (Å²) in [4.78, 5) is 84.3. The molecule has 22 heavy (non-hydrogen) atoms. The molecular formula is C15H18O7. The molecule has 0 saturated heterocycles. The minimum absolute atomic E-state index is 0.825. The van der Waals surface area contributed by atoms with Crippen molar-refractivity contribution in [3.8, 4) is 0 Å². The molecule has 0 N–H and O–H groups in total. The average Bonchev–Trinajstić information content (AvgIpc) is 2.26. The number of carbonyl (C=O) groups is 7. The van der Waals surface area contributed by atoms with Crippen molar-refractivity contribution in [2.24, 2.45) is 10.8 Å². The Hall–Kier alpha value is -2.31. The molecule has 0 aliphatic heterocycles. The molecule has 0 aromatic rings. The Kier molecular flexibility index (Phi) is 5.56. The van der Waals surface area contributed by atoms with E-state index in [1.165, 1.54) is 0 Å². The predicted octanol–water partition coefficient (Wildman–Crippen LogP) is 0.0623. The lowest BCUT2D eigenvalue weighted by Crippen LogP contribution is -2.62. The summed E-state index contributed by atoms with van der Waals surface area (Å²) < 4.78 is 0. The van der Waals surface area contributed by atoms with Gasteiger partial charge >= 0.3 is 0 Å². The molecule has 0 spiro atoms. The quantitative estimate of drug-likeness (QED) is 0.581. The van der Waals surface area contributed by atoms with Crippen molar-refractivity contribution in [2.75, 3.05) is 0 Å². The summed E-state index contributed by atoms with van der Waals surface area (Å²) in [7, 11) is 0. The average molecular weight is 310 g/mol. The fraction of sp³-hybridized carbons (Fsp3) is 0.533. The van der Waals surface area contributed by atoms with E-state index in [1.54, 1.807) is 0 Å². The van der Waals surface area contributed by atoms with Crippen LogP contribution in [0, 0.1) is 10.8 Å². The van der Waals surface area contributed by atoms with Gasteiger partial charge in [-0.3, -0.25) is 33.6 Å². The second-order valence-electron chi connectivity index (χ2n) is 5.17. The third-order valence-electron chi connectivity index (χ3n) is 3.85. The number of Topliss-reactive ketones (excluding diaryl/α,β-unsaturated/α-hetero) is 7. The lowest BCUT2D eigenvalue weighted by atomic mass is 9.60. The van der Waals surface area contributed by atoms with E-state index in [2.05, 4.69) is 0 Å². The molecule has 7 heteroatoms. The van der Waals surface area contributed by atoms with E-state index in [0.717, 1.165) is 41.5 Å². The van der Waals surface area contributed by atoms with Crippen LogP contribution in [0.5, 0.6) is 0 Å². The normalized spacial score (nSPS) is 11.5. The molecular weight excluding hydrogens is 292 g/mol. The molecule has 7 nitrogen and oxygen atoms in total. The summed E-state index contributed by atoms with van der Waals surface area (Å²) in [5, 5.41) is 0. The van der Waals surface area contributed by atoms with Crippen LogP contribution in [0.1, 0.15) is 41.5 Å². The highest BCUT2D eigenvalue weighted by molar-refractivity contribution is 6.49. The van der Waals surface area contributed by atoms with E-state index in [1.807, 2.05) is 0 Å². The minimum Gasteiger partial charge on any atom is -0.298 e. The fourth-order valence-corrected chi connectivity index (χ4v) is 2.73. The van der Waals surface area contributed by atoms with Crippen LogP contribution in [0.4, 0.5) is 0 Å². The summed E-state index contributed by atoms with van der Waals surface area (Å²) in [6.07, 6.45) is 0. The first-order valence-corrected chi connectivity index (χ1v) is 6.43. The molecule has 0 amide bonds. The van der Waals surface area contributed by atoms with Crippen molar-refractivity contribution in [3.05, 3.63) is 0 Å². The van der Waals surface area contributed by atoms with Gasteiger partial charge in [-0.25, -0.2) is 0 Å². The topological polar surface area (TPSA) is 119 Å². The number of ketones is 7. The Morgan fingerprint density at radius 2 is 0.545 bits per heavy atom. The second kappa shape index (κ2) is 6.21. The van der Waals surface area contributed by atoms with Crippen LogP contribution in [-0.2, 0) is 33.6 Å². The van der Waals surface area contributed by atoms with Gasteiger partial charge in [0, 0.05) is 0 Å². The van der Waals surface area contributed by atoms with Crippen LogP contribution in [0.3, 0.4) is 0 Å². The Bertz CT molecular complexity index is 485. The van der Waals surface area contributed by atoms with Crippen LogP contribution in [0.15, 0.2) is 0 Å². The van der Waals surface area contributed by atoms with Gasteiger partial charge in [-0.15, -0.1) is 0 Å². The maximum atomic E-state index is 12.8. The molecule has 0 aromatic carbocycles. The van der Waals surface area contributed by atoms with Crippen LogP contribution < -0.4 is 0 Å². The summed E-state index contributed by atoms with van der Waals surface area (Å²) >= 11 is 0. The van der Waals surface area contributed by atoms with Crippen molar-refractivity contribution in [1.29, 1.82) is 0 Å². The van der Waals surface area contributed by atoms with Crippen LogP contribution in [0.25, 0.3) is 0 Å². The van der Waals surface area contributed by atoms with E-state index < -0.39 is 51.3 Å². The number of carbonyl (C=O) groups excluding carboxylic acids is 7. The van der Waals surface area contributed by atoms with Crippen LogP contribution >= 0.6 is 0 Å². The monoisotopic (exact) mass is 310 g/mol. The first kappa shape index (κ1) is 19.7. The van der Waals surface area contributed by atoms with Crippen molar-refractivity contribution in [1.82, 2.24) is 0 Å². The Labute approximate surface area is 127 Å². The smallest absolute Gasteiger partial charge is 0.204 e. The standard InChI is InChI=1S/C15H18O7/c1-7(16)14(8(2)17,9(3)18)13(22)15(10(4)19,11(5)20)12(6)21/h1-6H3. The molecule has 0 unspecified atom stereocenters. The number of hydrogen-bond donors (Lipinski definition) is 0. The largest absolute Gasteiger partial charge is 0.298 e. The van der Waals surface area contributed by atoms with E-state index in [4.69, 9.17) is 0 Å². The molecule has 0 aliphatic carbocycles. The minimum atomic E-state index is -2.83. The Morgan fingerprint density at radius 3 is 0.636 bits per heavy atom. The molecule has 0 rings (SSSR count). The van der Waals surface area contributed by atoms with Crippen LogP contribution in [0.2, 0.25) is 0 Å². The van der Waals surface area contributed by atoms with E-state index >= 15 is 0 Å². The molecule has 120 valence electrons. The zero-order chi connectivity index (χ0) is 18.0. The summed E-state index contributed by atoms with van der Waals surface area (Å²) in [5.74, 6) is -8.39. The van der Waals surface area contributed by atoms with Crippen molar-refractivity contribution < 1.29 is 33.6 Å². The van der Waals surface area contributed by atoms with E-state index in [9.17, 15) is 33.6 Å². The van der Waals surface area contributed by atoms with Gasteiger partial charge in [0.15, 0.2) is 40.5 Å².